The minimum absolute atomic E-state index is 0.282. The topological polar surface area (TPSA) is 52.3 Å². The fraction of sp³-hybridized carbons (Fsp3) is 0.133. The Labute approximate surface area is 106 Å². The van der Waals surface area contributed by atoms with Crippen molar-refractivity contribution in [3.63, 3.8) is 0 Å². The zero-order chi connectivity index (χ0) is 13.0. The zero-order valence-corrected chi connectivity index (χ0v) is 10.2. The maximum absolute atomic E-state index is 11.1. The number of para-hydroxylation sites is 1. The Hall–Kier alpha value is -2.29. The molecule has 0 bridgehead atoms. The highest BCUT2D eigenvalue weighted by atomic mass is 16.5. The van der Waals surface area contributed by atoms with E-state index in [1.807, 2.05) is 54.6 Å². The van der Waals surface area contributed by atoms with Gasteiger partial charge in [-0.05, 0) is 36.8 Å². The number of carbonyl (C=O) groups is 1. The normalized spacial score (nSPS) is 11.8. The van der Waals surface area contributed by atoms with Gasteiger partial charge in [0.1, 0.15) is 11.5 Å². The third kappa shape index (κ3) is 2.88. The average Bonchev–Trinajstić information content (AvgIpc) is 2.40. The van der Waals surface area contributed by atoms with Crippen molar-refractivity contribution in [1.29, 1.82) is 0 Å². The summed E-state index contributed by atoms with van der Waals surface area (Å²) in [5, 5.41) is 0. The molecule has 0 fully saturated rings. The summed E-state index contributed by atoms with van der Waals surface area (Å²) in [6.45, 7) is 1.79. The number of ether oxygens (including phenoxy) is 1. The van der Waals surface area contributed by atoms with E-state index in [1.54, 1.807) is 6.92 Å². The van der Waals surface area contributed by atoms with Gasteiger partial charge in [-0.25, -0.2) is 0 Å². The molecule has 18 heavy (non-hydrogen) atoms. The van der Waals surface area contributed by atoms with Crippen molar-refractivity contribution in [1.82, 2.24) is 0 Å². The zero-order valence-electron chi connectivity index (χ0n) is 10.2. The van der Waals surface area contributed by atoms with Crippen LogP contribution in [0.3, 0.4) is 0 Å². The van der Waals surface area contributed by atoms with Gasteiger partial charge in [-0.15, -0.1) is 0 Å². The number of hydrogen-bond acceptors (Lipinski definition) is 2. The van der Waals surface area contributed by atoms with E-state index in [0.29, 0.717) is 0 Å². The first-order valence-corrected chi connectivity index (χ1v) is 5.79. The molecule has 0 radical (unpaired) electrons. The standard InChI is InChI=1S/C15H15NO2/c1-11(15(16)17)12-7-9-14(10-8-12)18-13-5-3-2-4-6-13/h2-11H,1H3,(H2,16,17). The lowest BCUT2D eigenvalue weighted by Crippen LogP contribution is -2.18. The molecule has 0 heterocycles. The molecule has 92 valence electrons. The smallest absolute Gasteiger partial charge is 0.224 e. The van der Waals surface area contributed by atoms with Gasteiger partial charge in [0.25, 0.3) is 0 Å². The molecule has 3 nitrogen and oxygen atoms in total. The molecule has 1 atom stereocenters. The summed E-state index contributed by atoms with van der Waals surface area (Å²) >= 11 is 0. The van der Waals surface area contributed by atoms with Crippen molar-refractivity contribution >= 4 is 5.91 Å². The summed E-state index contributed by atoms with van der Waals surface area (Å²) in [5.74, 6) is 0.914. The van der Waals surface area contributed by atoms with Crippen molar-refractivity contribution in [2.45, 2.75) is 12.8 Å². The van der Waals surface area contributed by atoms with Gasteiger partial charge in [0.05, 0.1) is 5.92 Å². The fourth-order valence-electron chi connectivity index (χ4n) is 1.61. The molecule has 0 saturated heterocycles. The van der Waals surface area contributed by atoms with Crippen LogP contribution in [0.4, 0.5) is 0 Å². The second kappa shape index (κ2) is 5.36. The van der Waals surface area contributed by atoms with E-state index in [0.717, 1.165) is 17.1 Å². The van der Waals surface area contributed by atoms with Gasteiger partial charge in [-0.2, -0.15) is 0 Å². The molecule has 0 spiro atoms. The second-order valence-electron chi connectivity index (χ2n) is 4.11. The molecule has 2 N–H and O–H groups in total. The van der Waals surface area contributed by atoms with Crippen molar-refractivity contribution in [2.75, 3.05) is 0 Å². The Morgan fingerprint density at radius 2 is 1.56 bits per heavy atom. The minimum atomic E-state index is -0.327. The number of primary amides is 1. The summed E-state index contributed by atoms with van der Waals surface area (Å²) in [6, 6.07) is 16.9. The molecular formula is C15H15NO2. The first-order chi connectivity index (χ1) is 8.66. The molecule has 0 aliphatic heterocycles. The predicted molar refractivity (Wildman–Crippen MR) is 70.6 cm³/mol. The van der Waals surface area contributed by atoms with E-state index in [2.05, 4.69) is 0 Å². The number of amides is 1. The SMILES string of the molecule is CC(C(N)=O)c1ccc(Oc2ccccc2)cc1. The van der Waals surface area contributed by atoms with E-state index >= 15 is 0 Å². The Bertz CT molecular complexity index is 520. The highest BCUT2D eigenvalue weighted by Crippen LogP contribution is 2.23. The number of benzene rings is 2. The van der Waals surface area contributed by atoms with Crippen molar-refractivity contribution in [2.24, 2.45) is 5.73 Å². The van der Waals surface area contributed by atoms with Crippen LogP contribution in [0.15, 0.2) is 54.6 Å². The van der Waals surface area contributed by atoms with Crippen molar-refractivity contribution in [3.05, 3.63) is 60.2 Å². The quantitative estimate of drug-likeness (QED) is 0.894. The lowest BCUT2D eigenvalue weighted by molar-refractivity contribution is -0.119. The summed E-state index contributed by atoms with van der Waals surface area (Å²) < 4.78 is 5.66. The summed E-state index contributed by atoms with van der Waals surface area (Å²) in [7, 11) is 0. The number of nitrogens with two attached hydrogens (primary N) is 1. The first-order valence-electron chi connectivity index (χ1n) is 5.79. The van der Waals surface area contributed by atoms with Crippen LogP contribution in [0.5, 0.6) is 11.5 Å². The fourth-order valence-corrected chi connectivity index (χ4v) is 1.61. The maximum Gasteiger partial charge on any atom is 0.224 e. The second-order valence-corrected chi connectivity index (χ2v) is 4.11. The number of hydrogen-bond donors (Lipinski definition) is 1. The highest BCUT2D eigenvalue weighted by molar-refractivity contribution is 5.81. The minimum Gasteiger partial charge on any atom is -0.457 e. The van der Waals surface area contributed by atoms with E-state index in [-0.39, 0.29) is 11.8 Å². The molecule has 0 aliphatic rings. The highest BCUT2D eigenvalue weighted by Gasteiger charge is 2.11. The molecule has 2 aromatic rings. The lowest BCUT2D eigenvalue weighted by Gasteiger charge is -2.09. The molecule has 0 saturated carbocycles. The van der Waals surface area contributed by atoms with Gasteiger partial charge in [-0.3, -0.25) is 4.79 Å². The summed E-state index contributed by atoms with van der Waals surface area (Å²) in [6.07, 6.45) is 0. The van der Waals surface area contributed by atoms with Crippen LogP contribution in [-0.4, -0.2) is 5.91 Å². The van der Waals surface area contributed by atoms with Gasteiger partial charge in [0.2, 0.25) is 5.91 Å². The van der Waals surface area contributed by atoms with Gasteiger partial charge < -0.3 is 10.5 Å². The first kappa shape index (κ1) is 12.2. The van der Waals surface area contributed by atoms with E-state index in [4.69, 9.17) is 10.5 Å². The molecule has 0 aliphatic carbocycles. The van der Waals surface area contributed by atoms with Crippen LogP contribution in [0.25, 0.3) is 0 Å². The van der Waals surface area contributed by atoms with Crippen molar-refractivity contribution < 1.29 is 9.53 Å². The van der Waals surface area contributed by atoms with Crippen LogP contribution in [0.2, 0.25) is 0 Å². The summed E-state index contributed by atoms with van der Waals surface area (Å²) in [5.41, 5.74) is 6.15. The molecule has 2 rings (SSSR count). The van der Waals surface area contributed by atoms with Crippen LogP contribution < -0.4 is 10.5 Å². The van der Waals surface area contributed by atoms with Gasteiger partial charge >= 0.3 is 0 Å². The van der Waals surface area contributed by atoms with E-state index in [9.17, 15) is 4.79 Å². The van der Waals surface area contributed by atoms with Crippen LogP contribution >= 0.6 is 0 Å². The third-order valence-electron chi connectivity index (χ3n) is 2.79. The van der Waals surface area contributed by atoms with Crippen LogP contribution in [0.1, 0.15) is 18.4 Å². The molecule has 3 heteroatoms. The molecule has 0 aromatic heterocycles. The molecular weight excluding hydrogens is 226 g/mol. The summed E-state index contributed by atoms with van der Waals surface area (Å²) in [4.78, 5) is 11.1. The van der Waals surface area contributed by atoms with E-state index < -0.39 is 0 Å². The van der Waals surface area contributed by atoms with Crippen LogP contribution in [-0.2, 0) is 4.79 Å². The number of rotatable bonds is 4. The van der Waals surface area contributed by atoms with Gasteiger partial charge in [0.15, 0.2) is 0 Å². The van der Waals surface area contributed by atoms with Gasteiger partial charge in [-0.1, -0.05) is 30.3 Å². The largest absolute Gasteiger partial charge is 0.457 e. The average molecular weight is 241 g/mol. The molecule has 1 amide bonds. The monoisotopic (exact) mass is 241 g/mol. The Morgan fingerprint density at radius 1 is 1.00 bits per heavy atom. The third-order valence-corrected chi connectivity index (χ3v) is 2.79. The van der Waals surface area contributed by atoms with E-state index in [1.165, 1.54) is 0 Å². The van der Waals surface area contributed by atoms with Gasteiger partial charge in [0, 0.05) is 0 Å². The Balaban J connectivity index is 2.11. The van der Waals surface area contributed by atoms with Crippen LogP contribution in [0, 0.1) is 0 Å². The predicted octanol–water partition coefficient (Wildman–Crippen LogP) is 3.07. The molecule has 1 unspecified atom stereocenters. The Kier molecular flexibility index (Phi) is 3.63. The maximum atomic E-state index is 11.1. The Morgan fingerprint density at radius 3 is 2.11 bits per heavy atom. The molecule has 2 aromatic carbocycles. The number of carbonyl (C=O) groups excluding carboxylic acids is 1. The van der Waals surface area contributed by atoms with Crippen molar-refractivity contribution in [3.8, 4) is 11.5 Å². The lowest BCUT2D eigenvalue weighted by atomic mass is 10.0.